The molecule has 2 rings (SSSR count). The van der Waals surface area contributed by atoms with E-state index in [2.05, 4.69) is 12.1 Å². The van der Waals surface area contributed by atoms with Gasteiger partial charge < -0.3 is 10.8 Å². The predicted octanol–water partition coefficient (Wildman–Crippen LogP) is 2.69. The molecule has 0 spiro atoms. The van der Waals surface area contributed by atoms with Gasteiger partial charge in [0, 0.05) is 0 Å². The Morgan fingerprint density at radius 3 is 2.39 bits per heavy atom. The van der Waals surface area contributed by atoms with E-state index in [0.717, 1.165) is 5.56 Å². The van der Waals surface area contributed by atoms with Gasteiger partial charge in [-0.1, -0.05) is 43.5 Å². The summed E-state index contributed by atoms with van der Waals surface area (Å²) in [4.78, 5) is 10.7. The highest BCUT2D eigenvalue weighted by atomic mass is 16.4. The van der Waals surface area contributed by atoms with Crippen molar-refractivity contribution in [3.05, 3.63) is 35.4 Å². The van der Waals surface area contributed by atoms with E-state index in [4.69, 9.17) is 10.8 Å². The molecule has 0 aromatic heterocycles. The summed E-state index contributed by atoms with van der Waals surface area (Å²) in [6.45, 7) is 0. The van der Waals surface area contributed by atoms with Crippen molar-refractivity contribution < 1.29 is 9.90 Å². The first-order valence-corrected chi connectivity index (χ1v) is 6.74. The average molecular weight is 247 g/mol. The Balaban J connectivity index is 1.98. The molecule has 0 heterocycles. The molecule has 98 valence electrons. The molecular formula is C15H21NO2. The molecule has 3 nitrogen and oxygen atoms in total. The fourth-order valence-electron chi connectivity index (χ4n) is 2.70. The van der Waals surface area contributed by atoms with Gasteiger partial charge in [0.1, 0.15) is 6.04 Å². The minimum atomic E-state index is -0.939. The summed E-state index contributed by atoms with van der Waals surface area (Å²) >= 11 is 0. The zero-order chi connectivity index (χ0) is 13.0. The molecule has 1 aliphatic rings. The molecule has 1 atom stereocenters. The molecule has 1 aromatic rings. The van der Waals surface area contributed by atoms with Crippen molar-refractivity contribution in [3.63, 3.8) is 0 Å². The molecule has 1 fully saturated rings. The third kappa shape index (κ3) is 3.33. The van der Waals surface area contributed by atoms with Crippen LogP contribution in [0, 0.1) is 0 Å². The van der Waals surface area contributed by atoms with Gasteiger partial charge in [-0.05, 0) is 36.3 Å². The lowest BCUT2D eigenvalue weighted by Crippen LogP contribution is -2.32. The highest BCUT2D eigenvalue weighted by Gasteiger charge is 2.16. The highest BCUT2D eigenvalue weighted by molar-refractivity contribution is 5.73. The second kappa shape index (κ2) is 6.01. The number of benzene rings is 1. The Labute approximate surface area is 108 Å². The number of hydrogen-bond donors (Lipinski definition) is 2. The average Bonchev–Trinajstić information content (AvgIpc) is 2.40. The van der Waals surface area contributed by atoms with E-state index in [0.29, 0.717) is 12.3 Å². The zero-order valence-corrected chi connectivity index (χ0v) is 10.6. The van der Waals surface area contributed by atoms with Crippen LogP contribution in [0.4, 0.5) is 0 Å². The van der Waals surface area contributed by atoms with Crippen LogP contribution in [0.3, 0.4) is 0 Å². The standard InChI is InChI=1S/C15H21NO2/c16-14(15(17)18)10-11-6-8-13(9-7-11)12-4-2-1-3-5-12/h6-9,12,14H,1-5,10,16H2,(H,17,18). The number of carboxylic acid groups (broad SMARTS) is 1. The lowest BCUT2D eigenvalue weighted by molar-refractivity contribution is -0.138. The maximum Gasteiger partial charge on any atom is 0.320 e. The predicted molar refractivity (Wildman–Crippen MR) is 71.6 cm³/mol. The fraction of sp³-hybridized carbons (Fsp3) is 0.533. The Morgan fingerprint density at radius 2 is 1.83 bits per heavy atom. The number of rotatable bonds is 4. The van der Waals surface area contributed by atoms with Gasteiger partial charge in [-0.15, -0.1) is 0 Å². The second-order valence-corrected chi connectivity index (χ2v) is 5.23. The Hall–Kier alpha value is -1.35. The molecule has 18 heavy (non-hydrogen) atoms. The number of carbonyl (C=O) groups is 1. The highest BCUT2D eigenvalue weighted by Crippen LogP contribution is 2.32. The van der Waals surface area contributed by atoms with Gasteiger partial charge >= 0.3 is 5.97 Å². The third-order valence-corrected chi connectivity index (χ3v) is 3.83. The number of aliphatic carboxylic acids is 1. The molecule has 3 heteroatoms. The fourth-order valence-corrected chi connectivity index (χ4v) is 2.70. The third-order valence-electron chi connectivity index (χ3n) is 3.83. The van der Waals surface area contributed by atoms with Crippen molar-refractivity contribution in [2.45, 2.75) is 50.5 Å². The van der Waals surface area contributed by atoms with Crippen LogP contribution in [-0.2, 0) is 11.2 Å². The van der Waals surface area contributed by atoms with Crippen LogP contribution in [0.15, 0.2) is 24.3 Å². The van der Waals surface area contributed by atoms with Crippen LogP contribution >= 0.6 is 0 Å². The Morgan fingerprint density at radius 1 is 1.22 bits per heavy atom. The van der Waals surface area contributed by atoms with E-state index in [1.54, 1.807) is 0 Å². The van der Waals surface area contributed by atoms with Gasteiger partial charge in [-0.25, -0.2) is 0 Å². The summed E-state index contributed by atoms with van der Waals surface area (Å²) in [7, 11) is 0. The molecule has 3 N–H and O–H groups in total. The van der Waals surface area contributed by atoms with Crippen molar-refractivity contribution in [1.29, 1.82) is 0 Å². The first-order valence-electron chi connectivity index (χ1n) is 6.74. The Kier molecular flexibility index (Phi) is 4.37. The minimum absolute atomic E-state index is 0.403. The van der Waals surface area contributed by atoms with Gasteiger partial charge in [0.25, 0.3) is 0 Å². The molecule has 0 saturated heterocycles. The van der Waals surface area contributed by atoms with Gasteiger partial charge in [0.05, 0.1) is 0 Å². The molecule has 1 saturated carbocycles. The monoisotopic (exact) mass is 247 g/mol. The first-order chi connectivity index (χ1) is 8.66. The largest absolute Gasteiger partial charge is 0.480 e. The van der Waals surface area contributed by atoms with Crippen molar-refractivity contribution in [2.75, 3.05) is 0 Å². The number of carboxylic acids is 1. The lowest BCUT2D eigenvalue weighted by Gasteiger charge is -2.22. The van der Waals surface area contributed by atoms with E-state index >= 15 is 0 Å². The summed E-state index contributed by atoms with van der Waals surface area (Å²) < 4.78 is 0. The van der Waals surface area contributed by atoms with Crippen molar-refractivity contribution in [2.24, 2.45) is 5.73 Å². The topological polar surface area (TPSA) is 63.3 Å². The first kappa shape index (κ1) is 13.1. The van der Waals surface area contributed by atoms with Crippen molar-refractivity contribution in [3.8, 4) is 0 Å². The lowest BCUT2D eigenvalue weighted by atomic mass is 9.84. The summed E-state index contributed by atoms with van der Waals surface area (Å²) in [6, 6.07) is 7.52. The van der Waals surface area contributed by atoms with Crippen LogP contribution in [0.1, 0.15) is 49.1 Å². The molecule has 0 amide bonds. The van der Waals surface area contributed by atoms with Crippen molar-refractivity contribution in [1.82, 2.24) is 0 Å². The van der Waals surface area contributed by atoms with Gasteiger partial charge in [0.15, 0.2) is 0 Å². The molecule has 0 aliphatic heterocycles. The normalized spacial score (nSPS) is 18.5. The van der Waals surface area contributed by atoms with Crippen LogP contribution in [-0.4, -0.2) is 17.1 Å². The van der Waals surface area contributed by atoms with E-state index in [9.17, 15) is 4.79 Å². The molecule has 0 radical (unpaired) electrons. The Bertz CT molecular complexity index is 393. The van der Waals surface area contributed by atoms with Crippen LogP contribution in [0.2, 0.25) is 0 Å². The van der Waals surface area contributed by atoms with Gasteiger partial charge in [0.2, 0.25) is 0 Å². The summed E-state index contributed by atoms with van der Waals surface area (Å²) in [5.41, 5.74) is 7.93. The number of hydrogen-bond acceptors (Lipinski definition) is 2. The van der Waals surface area contributed by atoms with Crippen LogP contribution in [0.25, 0.3) is 0 Å². The van der Waals surface area contributed by atoms with Crippen LogP contribution < -0.4 is 5.73 Å². The number of nitrogens with two attached hydrogens (primary N) is 1. The minimum Gasteiger partial charge on any atom is -0.480 e. The zero-order valence-electron chi connectivity index (χ0n) is 10.6. The van der Waals surface area contributed by atoms with Crippen LogP contribution in [0.5, 0.6) is 0 Å². The van der Waals surface area contributed by atoms with Crippen molar-refractivity contribution >= 4 is 5.97 Å². The maximum absolute atomic E-state index is 10.7. The molecule has 1 unspecified atom stereocenters. The maximum atomic E-state index is 10.7. The van der Waals surface area contributed by atoms with E-state index < -0.39 is 12.0 Å². The van der Waals surface area contributed by atoms with Gasteiger partial charge in [-0.2, -0.15) is 0 Å². The second-order valence-electron chi connectivity index (χ2n) is 5.23. The summed E-state index contributed by atoms with van der Waals surface area (Å²) in [6.07, 6.45) is 7.00. The smallest absolute Gasteiger partial charge is 0.320 e. The van der Waals surface area contributed by atoms with E-state index in [1.807, 2.05) is 12.1 Å². The quantitative estimate of drug-likeness (QED) is 0.859. The molecule has 1 aliphatic carbocycles. The molecule has 1 aromatic carbocycles. The molecular weight excluding hydrogens is 226 g/mol. The SMILES string of the molecule is NC(Cc1ccc(C2CCCCC2)cc1)C(=O)O. The molecule has 0 bridgehead atoms. The van der Waals surface area contributed by atoms with E-state index in [-0.39, 0.29) is 0 Å². The summed E-state index contributed by atoms with van der Waals surface area (Å²) in [5, 5.41) is 8.78. The summed E-state index contributed by atoms with van der Waals surface area (Å²) in [5.74, 6) is -0.243. The van der Waals surface area contributed by atoms with E-state index in [1.165, 1.54) is 37.7 Å². The van der Waals surface area contributed by atoms with Gasteiger partial charge in [-0.3, -0.25) is 4.79 Å².